The van der Waals surface area contributed by atoms with Crippen LogP contribution in [-0.2, 0) is 0 Å². The van der Waals surface area contributed by atoms with Crippen LogP contribution in [0.15, 0.2) is 41.4 Å². The minimum absolute atomic E-state index is 0.215. The minimum Gasteiger partial charge on any atom is -0.478 e. The third kappa shape index (κ3) is 2.25. The van der Waals surface area contributed by atoms with Gasteiger partial charge in [-0.05, 0) is 29.6 Å². The largest absolute Gasteiger partial charge is 0.478 e. The van der Waals surface area contributed by atoms with Crippen molar-refractivity contribution >= 4 is 39.7 Å². The highest BCUT2D eigenvalue weighted by molar-refractivity contribution is 7.08. The highest BCUT2D eigenvalue weighted by Crippen LogP contribution is 2.24. The van der Waals surface area contributed by atoms with Crippen molar-refractivity contribution in [3.63, 3.8) is 0 Å². The normalized spacial score (nSPS) is 10.5. The van der Waals surface area contributed by atoms with E-state index < -0.39 is 5.97 Å². The lowest BCUT2D eigenvalue weighted by Crippen LogP contribution is -1.98. The smallest absolute Gasteiger partial charge is 0.335 e. The molecule has 19 heavy (non-hydrogen) atoms. The number of hydrogen-bond donors (Lipinski definition) is 2. The van der Waals surface area contributed by atoms with Crippen molar-refractivity contribution in [3.05, 3.63) is 46.9 Å². The summed E-state index contributed by atoms with van der Waals surface area (Å²) in [5.74, 6) is -0.298. The number of carboxylic acid groups (broad SMARTS) is 1. The predicted octanol–water partition coefficient (Wildman–Crippen LogP) is 3.13. The molecule has 2 aromatic heterocycles. The molecule has 94 valence electrons. The summed E-state index contributed by atoms with van der Waals surface area (Å²) in [4.78, 5) is 19.2. The topological polar surface area (TPSA) is 75.1 Å². The van der Waals surface area contributed by atoms with Crippen LogP contribution in [0.5, 0.6) is 0 Å². The summed E-state index contributed by atoms with van der Waals surface area (Å²) < 4.78 is 0. The van der Waals surface area contributed by atoms with Crippen molar-refractivity contribution in [2.75, 3.05) is 5.32 Å². The van der Waals surface area contributed by atoms with Gasteiger partial charge in [-0.3, -0.25) is 0 Å². The van der Waals surface area contributed by atoms with Gasteiger partial charge < -0.3 is 10.4 Å². The second kappa shape index (κ2) is 4.66. The van der Waals surface area contributed by atoms with E-state index >= 15 is 0 Å². The maximum Gasteiger partial charge on any atom is 0.335 e. The molecule has 3 aromatic rings. The van der Waals surface area contributed by atoms with Crippen LogP contribution in [0.2, 0.25) is 0 Å². The predicted molar refractivity (Wildman–Crippen MR) is 74.1 cm³/mol. The van der Waals surface area contributed by atoms with Crippen molar-refractivity contribution in [3.8, 4) is 0 Å². The number of thiophene rings is 1. The average molecular weight is 271 g/mol. The summed E-state index contributed by atoms with van der Waals surface area (Å²) in [6.45, 7) is 0. The van der Waals surface area contributed by atoms with Crippen LogP contribution in [0.1, 0.15) is 10.4 Å². The van der Waals surface area contributed by atoms with Crippen LogP contribution in [0, 0.1) is 0 Å². The van der Waals surface area contributed by atoms with Gasteiger partial charge in [0.1, 0.15) is 12.1 Å². The first-order valence-corrected chi connectivity index (χ1v) is 6.45. The number of aromatic nitrogens is 2. The summed E-state index contributed by atoms with van der Waals surface area (Å²) >= 11 is 1.59. The number of anilines is 2. The van der Waals surface area contributed by atoms with Gasteiger partial charge in [0.2, 0.25) is 0 Å². The minimum atomic E-state index is -0.965. The van der Waals surface area contributed by atoms with Crippen molar-refractivity contribution < 1.29 is 9.90 Å². The van der Waals surface area contributed by atoms with E-state index in [2.05, 4.69) is 15.3 Å². The number of carboxylic acids is 1. The molecule has 0 radical (unpaired) electrons. The first-order chi connectivity index (χ1) is 9.24. The Labute approximate surface area is 112 Å². The first kappa shape index (κ1) is 11.6. The van der Waals surface area contributed by atoms with Gasteiger partial charge in [-0.1, -0.05) is 0 Å². The molecular weight excluding hydrogens is 262 g/mol. The molecule has 3 rings (SSSR count). The lowest BCUT2D eigenvalue weighted by molar-refractivity contribution is 0.0697. The molecule has 5 nitrogen and oxygen atoms in total. The second-order valence-electron chi connectivity index (χ2n) is 3.90. The van der Waals surface area contributed by atoms with Gasteiger partial charge in [-0.25, -0.2) is 14.8 Å². The van der Waals surface area contributed by atoms with Gasteiger partial charge in [0.25, 0.3) is 0 Å². The highest BCUT2D eigenvalue weighted by Gasteiger charge is 2.08. The molecule has 1 aromatic carbocycles. The number of fused-ring (bicyclic) bond motifs is 1. The van der Waals surface area contributed by atoms with E-state index in [9.17, 15) is 4.79 Å². The number of rotatable bonds is 3. The van der Waals surface area contributed by atoms with Crippen LogP contribution in [0.25, 0.3) is 10.9 Å². The molecule has 2 heterocycles. The Morgan fingerprint density at radius 3 is 2.89 bits per heavy atom. The third-order valence-corrected chi connectivity index (χ3v) is 3.35. The Morgan fingerprint density at radius 1 is 1.26 bits per heavy atom. The van der Waals surface area contributed by atoms with Gasteiger partial charge >= 0.3 is 5.97 Å². The standard InChI is InChI=1S/C13H9N3O2S/c17-13(18)8-1-2-10-11(5-8)14-7-15-12(10)16-9-3-4-19-6-9/h1-7H,(H,17,18)(H,14,15,16). The molecule has 2 N–H and O–H groups in total. The Kier molecular flexibility index (Phi) is 2.85. The Balaban J connectivity index is 2.08. The van der Waals surface area contributed by atoms with E-state index in [1.165, 1.54) is 12.4 Å². The van der Waals surface area contributed by atoms with Crippen molar-refractivity contribution in [2.24, 2.45) is 0 Å². The molecule has 0 amide bonds. The van der Waals surface area contributed by atoms with Crippen molar-refractivity contribution in [1.29, 1.82) is 0 Å². The van der Waals surface area contributed by atoms with Gasteiger partial charge in [-0.15, -0.1) is 0 Å². The molecule has 0 aliphatic heterocycles. The van der Waals surface area contributed by atoms with Crippen LogP contribution < -0.4 is 5.32 Å². The summed E-state index contributed by atoms with van der Waals surface area (Å²) in [5, 5.41) is 16.9. The van der Waals surface area contributed by atoms with Crippen molar-refractivity contribution in [1.82, 2.24) is 9.97 Å². The van der Waals surface area contributed by atoms with E-state index in [0.29, 0.717) is 11.3 Å². The highest BCUT2D eigenvalue weighted by atomic mass is 32.1. The Hall–Kier alpha value is -2.47. The monoisotopic (exact) mass is 271 g/mol. The van der Waals surface area contributed by atoms with Gasteiger partial charge in [0.05, 0.1) is 16.8 Å². The fourth-order valence-corrected chi connectivity index (χ4v) is 2.35. The molecule has 0 bridgehead atoms. The van der Waals surface area contributed by atoms with Crippen LogP contribution in [-0.4, -0.2) is 21.0 Å². The maximum absolute atomic E-state index is 10.9. The second-order valence-corrected chi connectivity index (χ2v) is 4.68. The zero-order valence-electron chi connectivity index (χ0n) is 9.70. The molecule has 0 spiro atoms. The van der Waals surface area contributed by atoms with Gasteiger partial charge in [0.15, 0.2) is 0 Å². The van der Waals surface area contributed by atoms with E-state index in [0.717, 1.165) is 11.1 Å². The fourth-order valence-electron chi connectivity index (χ4n) is 1.76. The Morgan fingerprint density at radius 2 is 2.16 bits per heavy atom. The SMILES string of the molecule is O=C(O)c1ccc2c(Nc3ccsc3)ncnc2c1. The van der Waals surface area contributed by atoms with E-state index in [4.69, 9.17) is 5.11 Å². The van der Waals surface area contributed by atoms with E-state index in [-0.39, 0.29) is 5.56 Å². The molecule has 0 fully saturated rings. The molecule has 0 aliphatic carbocycles. The summed E-state index contributed by atoms with van der Waals surface area (Å²) in [7, 11) is 0. The summed E-state index contributed by atoms with van der Waals surface area (Å²) in [6.07, 6.45) is 1.42. The molecule has 0 saturated heterocycles. The average Bonchev–Trinajstić information content (AvgIpc) is 2.91. The maximum atomic E-state index is 10.9. The lowest BCUT2D eigenvalue weighted by atomic mass is 10.1. The number of hydrogen-bond acceptors (Lipinski definition) is 5. The summed E-state index contributed by atoms with van der Waals surface area (Å²) in [5.41, 5.74) is 1.77. The zero-order valence-corrected chi connectivity index (χ0v) is 10.5. The van der Waals surface area contributed by atoms with E-state index in [1.807, 2.05) is 16.8 Å². The van der Waals surface area contributed by atoms with Gasteiger partial charge in [-0.2, -0.15) is 11.3 Å². The summed E-state index contributed by atoms with van der Waals surface area (Å²) in [6, 6.07) is 6.75. The number of aromatic carboxylic acids is 1. The Bertz CT molecular complexity index is 741. The molecule has 6 heteroatoms. The number of benzene rings is 1. The number of carbonyl (C=O) groups is 1. The lowest BCUT2D eigenvalue weighted by Gasteiger charge is -2.06. The van der Waals surface area contributed by atoms with Gasteiger partial charge in [0, 0.05) is 10.8 Å². The molecule has 0 saturated carbocycles. The quantitative estimate of drug-likeness (QED) is 0.765. The molecule has 0 atom stereocenters. The third-order valence-electron chi connectivity index (χ3n) is 2.67. The van der Waals surface area contributed by atoms with Crippen LogP contribution in [0.4, 0.5) is 11.5 Å². The van der Waals surface area contributed by atoms with Crippen LogP contribution >= 0.6 is 11.3 Å². The van der Waals surface area contributed by atoms with E-state index in [1.54, 1.807) is 23.5 Å². The van der Waals surface area contributed by atoms with Crippen LogP contribution in [0.3, 0.4) is 0 Å². The zero-order chi connectivity index (χ0) is 13.2. The number of nitrogens with zero attached hydrogens (tertiary/aromatic N) is 2. The van der Waals surface area contributed by atoms with Crippen molar-refractivity contribution in [2.45, 2.75) is 0 Å². The number of nitrogens with one attached hydrogen (secondary N) is 1. The fraction of sp³-hybridized carbons (Fsp3) is 0. The first-order valence-electron chi connectivity index (χ1n) is 5.51. The molecular formula is C13H9N3O2S. The molecule has 0 aliphatic rings. The molecule has 0 unspecified atom stereocenters.